The zero-order valence-corrected chi connectivity index (χ0v) is 11.4. The van der Waals surface area contributed by atoms with Gasteiger partial charge in [0.25, 0.3) is 5.91 Å². The van der Waals surface area contributed by atoms with Gasteiger partial charge in [0.1, 0.15) is 11.8 Å². The van der Waals surface area contributed by atoms with E-state index in [1.807, 2.05) is 37.3 Å². The van der Waals surface area contributed by atoms with E-state index in [2.05, 4.69) is 11.4 Å². The third-order valence-electron chi connectivity index (χ3n) is 3.34. The van der Waals surface area contributed by atoms with Gasteiger partial charge in [-0.1, -0.05) is 24.3 Å². The average Bonchev–Trinajstić information content (AvgIpc) is 2.93. The van der Waals surface area contributed by atoms with Crippen LogP contribution in [0.15, 0.2) is 53.1 Å². The predicted molar refractivity (Wildman–Crippen MR) is 80.1 cm³/mol. The molecule has 0 aliphatic carbocycles. The first-order chi connectivity index (χ1) is 10.2. The standard InChI is InChI=1S/C17H12N2O2/c1-11-6-7-12(9-18)8-15(11)19-17(20)14-10-21-16-5-3-2-4-13(14)16/h2-8,10H,1H3,(H,19,20). The largest absolute Gasteiger partial charge is 0.463 e. The zero-order chi connectivity index (χ0) is 14.8. The molecule has 4 heteroatoms. The quantitative estimate of drug-likeness (QED) is 0.772. The number of benzene rings is 2. The van der Waals surface area contributed by atoms with Crippen LogP contribution in [-0.2, 0) is 0 Å². The van der Waals surface area contributed by atoms with E-state index in [9.17, 15) is 4.79 Å². The molecule has 1 N–H and O–H groups in total. The van der Waals surface area contributed by atoms with Crippen LogP contribution in [0.2, 0.25) is 0 Å². The second-order valence-corrected chi connectivity index (χ2v) is 4.74. The highest BCUT2D eigenvalue weighted by Crippen LogP contribution is 2.23. The molecule has 0 aliphatic heterocycles. The maximum Gasteiger partial charge on any atom is 0.259 e. The number of carbonyl (C=O) groups excluding carboxylic acids is 1. The van der Waals surface area contributed by atoms with Gasteiger partial charge in [-0.15, -0.1) is 0 Å². The lowest BCUT2D eigenvalue weighted by molar-refractivity contribution is 0.102. The van der Waals surface area contributed by atoms with Crippen LogP contribution in [0.4, 0.5) is 5.69 Å². The van der Waals surface area contributed by atoms with E-state index in [1.54, 1.807) is 12.1 Å². The number of nitrogens with one attached hydrogen (secondary N) is 1. The number of fused-ring (bicyclic) bond motifs is 1. The second kappa shape index (κ2) is 5.14. The Morgan fingerprint density at radius 3 is 2.86 bits per heavy atom. The average molecular weight is 276 g/mol. The molecule has 0 unspecified atom stereocenters. The number of rotatable bonds is 2. The van der Waals surface area contributed by atoms with Gasteiger partial charge in [0.15, 0.2) is 0 Å². The Kier molecular flexibility index (Phi) is 3.17. The lowest BCUT2D eigenvalue weighted by Crippen LogP contribution is -2.12. The van der Waals surface area contributed by atoms with Gasteiger partial charge in [0.2, 0.25) is 0 Å². The second-order valence-electron chi connectivity index (χ2n) is 4.74. The fourth-order valence-corrected chi connectivity index (χ4v) is 2.17. The molecular formula is C17H12N2O2. The first-order valence-corrected chi connectivity index (χ1v) is 6.47. The van der Waals surface area contributed by atoms with Crippen LogP contribution >= 0.6 is 0 Å². The van der Waals surface area contributed by atoms with Gasteiger partial charge in [0.05, 0.1) is 17.2 Å². The van der Waals surface area contributed by atoms with E-state index < -0.39 is 0 Å². The summed E-state index contributed by atoms with van der Waals surface area (Å²) >= 11 is 0. The summed E-state index contributed by atoms with van der Waals surface area (Å²) in [5.74, 6) is -0.252. The Bertz CT molecular complexity index is 872. The van der Waals surface area contributed by atoms with Gasteiger partial charge in [-0.25, -0.2) is 0 Å². The summed E-state index contributed by atoms with van der Waals surface area (Å²) in [6.07, 6.45) is 1.45. The van der Waals surface area contributed by atoms with Crippen LogP contribution in [0, 0.1) is 18.3 Å². The summed E-state index contributed by atoms with van der Waals surface area (Å²) in [6, 6.07) is 14.6. The molecule has 0 saturated carbocycles. The molecule has 21 heavy (non-hydrogen) atoms. The highest BCUT2D eigenvalue weighted by molar-refractivity contribution is 6.12. The molecule has 0 spiro atoms. The summed E-state index contributed by atoms with van der Waals surface area (Å²) in [4.78, 5) is 12.4. The lowest BCUT2D eigenvalue weighted by Gasteiger charge is -2.07. The van der Waals surface area contributed by atoms with Crippen molar-refractivity contribution in [2.45, 2.75) is 6.92 Å². The molecule has 4 nitrogen and oxygen atoms in total. The van der Waals surface area contributed by atoms with Gasteiger partial charge in [0, 0.05) is 11.1 Å². The summed E-state index contributed by atoms with van der Waals surface area (Å²) in [7, 11) is 0. The van der Waals surface area contributed by atoms with Crippen LogP contribution in [0.5, 0.6) is 0 Å². The van der Waals surface area contributed by atoms with E-state index in [0.717, 1.165) is 10.9 Å². The van der Waals surface area contributed by atoms with E-state index in [4.69, 9.17) is 9.68 Å². The van der Waals surface area contributed by atoms with Crippen molar-refractivity contribution in [3.63, 3.8) is 0 Å². The minimum absolute atomic E-state index is 0.252. The minimum atomic E-state index is -0.252. The Balaban J connectivity index is 1.95. The maximum atomic E-state index is 12.4. The Labute approximate surface area is 121 Å². The molecule has 0 atom stereocenters. The molecule has 3 aromatic rings. The smallest absolute Gasteiger partial charge is 0.259 e. The zero-order valence-electron chi connectivity index (χ0n) is 11.4. The molecule has 0 radical (unpaired) electrons. The normalized spacial score (nSPS) is 10.3. The fourth-order valence-electron chi connectivity index (χ4n) is 2.17. The van der Waals surface area contributed by atoms with Crippen molar-refractivity contribution in [3.8, 4) is 6.07 Å². The predicted octanol–water partition coefficient (Wildman–Crippen LogP) is 3.87. The van der Waals surface area contributed by atoms with Crippen LogP contribution < -0.4 is 5.32 Å². The molecule has 102 valence electrons. The maximum absolute atomic E-state index is 12.4. The number of furan rings is 1. The SMILES string of the molecule is Cc1ccc(C#N)cc1NC(=O)c1coc2ccccc12. The van der Waals surface area contributed by atoms with Crippen LogP contribution in [0.25, 0.3) is 11.0 Å². The van der Waals surface area contributed by atoms with Crippen molar-refractivity contribution in [2.24, 2.45) is 0 Å². The summed E-state index contributed by atoms with van der Waals surface area (Å²) in [5.41, 5.74) is 3.19. The van der Waals surface area contributed by atoms with Crippen molar-refractivity contribution in [1.29, 1.82) is 5.26 Å². The Morgan fingerprint density at radius 1 is 1.24 bits per heavy atom. The first kappa shape index (κ1) is 12.9. The number of amides is 1. The molecule has 0 fully saturated rings. The molecule has 1 aromatic heterocycles. The van der Waals surface area contributed by atoms with Gasteiger partial charge in [-0.05, 0) is 30.7 Å². The van der Waals surface area contributed by atoms with Gasteiger partial charge >= 0.3 is 0 Å². The third-order valence-corrected chi connectivity index (χ3v) is 3.34. The number of nitrogens with zero attached hydrogens (tertiary/aromatic N) is 1. The number of carbonyl (C=O) groups is 1. The van der Waals surface area contributed by atoms with Crippen LogP contribution in [0.3, 0.4) is 0 Å². The summed E-state index contributed by atoms with van der Waals surface area (Å²) in [5, 5.41) is 12.5. The summed E-state index contributed by atoms with van der Waals surface area (Å²) < 4.78 is 5.37. The lowest BCUT2D eigenvalue weighted by atomic mass is 10.1. The highest BCUT2D eigenvalue weighted by atomic mass is 16.3. The van der Waals surface area contributed by atoms with Crippen molar-refractivity contribution < 1.29 is 9.21 Å². The molecule has 3 rings (SSSR count). The van der Waals surface area contributed by atoms with Crippen molar-refractivity contribution in [3.05, 3.63) is 65.4 Å². The number of aryl methyl sites for hydroxylation is 1. The molecule has 1 amide bonds. The number of para-hydroxylation sites is 1. The number of hydrogen-bond acceptors (Lipinski definition) is 3. The molecule has 0 saturated heterocycles. The molecule has 1 heterocycles. The number of anilines is 1. The van der Waals surface area contributed by atoms with Crippen LogP contribution in [-0.4, -0.2) is 5.91 Å². The molecule has 0 aliphatic rings. The number of nitriles is 1. The van der Waals surface area contributed by atoms with Crippen molar-refractivity contribution >= 4 is 22.6 Å². The third kappa shape index (κ3) is 2.37. The molecular weight excluding hydrogens is 264 g/mol. The van der Waals surface area contributed by atoms with E-state index >= 15 is 0 Å². The van der Waals surface area contributed by atoms with Crippen LogP contribution in [0.1, 0.15) is 21.5 Å². The van der Waals surface area contributed by atoms with Crippen molar-refractivity contribution in [2.75, 3.05) is 5.32 Å². The monoisotopic (exact) mass is 276 g/mol. The van der Waals surface area contributed by atoms with Gasteiger partial charge < -0.3 is 9.73 Å². The van der Waals surface area contributed by atoms with Gasteiger partial charge in [-0.2, -0.15) is 5.26 Å². The minimum Gasteiger partial charge on any atom is -0.463 e. The first-order valence-electron chi connectivity index (χ1n) is 6.47. The Morgan fingerprint density at radius 2 is 2.05 bits per heavy atom. The molecule has 0 bridgehead atoms. The molecule has 2 aromatic carbocycles. The number of hydrogen-bond donors (Lipinski definition) is 1. The highest BCUT2D eigenvalue weighted by Gasteiger charge is 2.14. The summed E-state index contributed by atoms with van der Waals surface area (Å²) in [6.45, 7) is 1.88. The topological polar surface area (TPSA) is 66.0 Å². The Hall–Kier alpha value is -3.06. The fraction of sp³-hybridized carbons (Fsp3) is 0.0588. The van der Waals surface area contributed by atoms with E-state index in [-0.39, 0.29) is 5.91 Å². The van der Waals surface area contributed by atoms with Crippen molar-refractivity contribution in [1.82, 2.24) is 0 Å². The van der Waals surface area contributed by atoms with E-state index in [1.165, 1.54) is 6.26 Å². The van der Waals surface area contributed by atoms with E-state index in [0.29, 0.717) is 22.4 Å². The van der Waals surface area contributed by atoms with Gasteiger partial charge in [-0.3, -0.25) is 4.79 Å².